The highest BCUT2D eigenvalue weighted by molar-refractivity contribution is 7.80. The Morgan fingerprint density at radius 1 is 1.67 bits per heavy atom. The number of ether oxygens (including phenoxy) is 1. The lowest BCUT2D eigenvalue weighted by Gasteiger charge is -2.02. The van der Waals surface area contributed by atoms with Crippen molar-refractivity contribution in [3.63, 3.8) is 0 Å². The zero-order chi connectivity index (χ0) is 11.1. The number of hydrogen-bond acceptors (Lipinski definition) is 3. The Morgan fingerprint density at radius 2 is 2.47 bits per heavy atom. The Morgan fingerprint density at radius 3 is 3.13 bits per heavy atom. The van der Waals surface area contributed by atoms with Gasteiger partial charge in [-0.15, -0.1) is 0 Å². The van der Waals surface area contributed by atoms with Gasteiger partial charge in [-0.3, -0.25) is 5.43 Å². The van der Waals surface area contributed by atoms with E-state index in [1.807, 2.05) is 31.2 Å². The standard InChI is InChI=1S/C10H13N3OS/c1-2-14-9-5-3-4-8(6-9)7-12-13-10(11)15/h3-7H,2H2,1H3,(H3,11,13,15)/b12-7+. The van der Waals surface area contributed by atoms with Gasteiger partial charge in [0.2, 0.25) is 0 Å². The van der Waals surface area contributed by atoms with Crippen LogP contribution < -0.4 is 15.9 Å². The van der Waals surface area contributed by atoms with E-state index in [0.29, 0.717) is 6.61 Å². The molecule has 0 fully saturated rings. The number of nitrogens with zero attached hydrogens (tertiary/aromatic N) is 1. The molecule has 0 atom stereocenters. The highest BCUT2D eigenvalue weighted by Crippen LogP contribution is 2.11. The van der Waals surface area contributed by atoms with Crippen LogP contribution in [-0.2, 0) is 0 Å². The highest BCUT2D eigenvalue weighted by Gasteiger charge is 1.93. The van der Waals surface area contributed by atoms with Gasteiger partial charge in [-0.1, -0.05) is 12.1 Å². The van der Waals surface area contributed by atoms with Crippen LogP contribution in [0.3, 0.4) is 0 Å². The number of nitrogens with one attached hydrogen (secondary N) is 1. The van der Waals surface area contributed by atoms with E-state index in [9.17, 15) is 0 Å². The van der Waals surface area contributed by atoms with Gasteiger partial charge in [-0.25, -0.2) is 0 Å². The molecule has 0 bridgehead atoms. The fourth-order valence-electron chi connectivity index (χ4n) is 1.02. The van der Waals surface area contributed by atoms with Gasteiger partial charge >= 0.3 is 0 Å². The topological polar surface area (TPSA) is 59.6 Å². The Kier molecular flexibility index (Phi) is 4.56. The SMILES string of the molecule is CCOc1cccc(/C=N/NC(N)=S)c1. The van der Waals surface area contributed by atoms with Gasteiger partial charge in [-0.05, 0) is 36.8 Å². The third-order valence-electron chi connectivity index (χ3n) is 1.56. The summed E-state index contributed by atoms with van der Waals surface area (Å²) in [5.74, 6) is 0.816. The van der Waals surface area contributed by atoms with Gasteiger partial charge in [0.1, 0.15) is 5.75 Å². The van der Waals surface area contributed by atoms with Crippen molar-refractivity contribution >= 4 is 23.5 Å². The molecule has 5 heteroatoms. The molecule has 0 aromatic heterocycles. The van der Waals surface area contributed by atoms with Crippen LogP contribution in [0.5, 0.6) is 5.75 Å². The van der Waals surface area contributed by atoms with E-state index in [0.717, 1.165) is 11.3 Å². The van der Waals surface area contributed by atoms with Crippen LogP contribution in [0.2, 0.25) is 0 Å². The lowest BCUT2D eigenvalue weighted by atomic mass is 10.2. The number of rotatable bonds is 4. The van der Waals surface area contributed by atoms with Crippen molar-refractivity contribution in [3.8, 4) is 5.75 Å². The first-order chi connectivity index (χ1) is 7.22. The minimum Gasteiger partial charge on any atom is -0.494 e. The first kappa shape index (κ1) is 11.5. The Bertz CT molecular complexity index is 365. The van der Waals surface area contributed by atoms with Crippen LogP contribution in [0.1, 0.15) is 12.5 Å². The van der Waals surface area contributed by atoms with Crippen molar-refractivity contribution in [1.82, 2.24) is 5.43 Å². The molecule has 0 spiro atoms. The summed E-state index contributed by atoms with van der Waals surface area (Å²) in [6.07, 6.45) is 1.63. The van der Waals surface area contributed by atoms with E-state index >= 15 is 0 Å². The summed E-state index contributed by atoms with van der Waals surface area (Å²) in [4.78, 5) is 0. The molecule has 80 valence electrons. The van der Waals surface area contributed by atoms with E-state index in [2.05, 4.69) is 22.7 Å². The highest BCUT2D eigenvalue weighted by atomic mass is 32.1. The van der Waals surface area contributed by atoms with Crippen molar-refractivity contribution in [3.05, 3.63) is 29.8 Å². The molecule has 1 aromatic rings. The van der Waals surface area contributed by atoms with E-state index < -0.39 is 0 Å². The molecule has 0 saturated heterocycles. The normalized spacial score (nSPS) is 10.2. The summed E-state index contributed by atoms with van der Waals surface area (Å²) in [6, 6.07) is 7.58. The lowest BCUT2D eigenvalue weighted by molar-refractivity contribution is 0.340. The van der Waals surface area contributed by atoms with Crippen LogP contribution in [-0.4, -0.2) is 17.9 Å². The van der Waals surface area contributed by atoms with Crippen molar-refractivity contribution in [2.45, 2.75) is 6.92 Å². The minimum absolute atomic E-state index is 0.146. The molecule has 0 aliphatic carbocycles. The summed E-state index contributed by atoms with van der Waals surface area (Å²) < 4.78 is 5.34. The summed E-state index contributed by atoms with van der Waals surface area (Å²) in [5.41, 5.74) is 8.62. The van der Waals surface area contributed by atoms with Crippen molar-refractivity contribution in [1.29, 1.82) is 0 Å². The molecule has 0 radical (unpaired) electrons. The second kappa shape index (κ2) is 5.98. The third kappa shape index (κ3) is 4.42. The van der Waals surface area contributed by atoms with Crippen LogP contribution in [0.25, 0.3) is 0 Å². The average molecular weight is 223 g/mol. The Labute approximate surface area is 94.1 Å². The molecule has 0 saturated carbocycles. The quantitative estimate of drug-likeness (QED) is 0.458. The molecule has 0 heterocycles. The smallest absolute Gasteiger partial charge is 0.184 e. The second-order valence-electron chi connectivity index (χ2n) is 2.74. The van der Waals surface area contributed by atoms with Gasteiger partial charge in [0.15, 0.2) is 5.11 Å². The molecule has 0 aliphatic heterocycles. The molecule has 0 aliphatic rings. The minimum atomic E-state index is 0.146. The molecule has 0 amide bonds. The first-order valence-electron chi connectivity index (χ1n) is 4.53. The van der Waals surface area contributed by atoms with Crippen molar-refractivity contribution in [2.24, 2.45) is 10.8 Å². The molecule has 15 heavy (non-hydrogen) atoms. The van der Waals surface area contributed by atoms with E-state index in [1.54, 1.807) is 6.21 Å². The lowest BCUT2D eigenvalue weighted by Crippen LogP contribution is -2.23. The van der Waals surface area contributed by atoms with Crippen molar-refractivity contribution in [2.75, 3.05) is 6.61 Å². The number of hydrogen-bond donors (Lipinski definition) is 2. The monoisotopic (exact) mass is 223 g/mol. The summed E-state index contributed by atoms with van der Waals surface area (Å²) in [6.45, 7) is 2.58. The molecule has 4 nitrogen and oxygen atoms in total. The van der Waals surface area contributed by atoms with Gasteiger partial charge in [0, 0.05) is 0 Å². The fourth-order valence-corrected chi connectivity index (χ4v) is 1.07. The Hall–Kier alpha value is -1.62. The van der Waals surface area contributed by atoms with Gasteiger partial charge in [-0.2, -0.15) is 5.10 Å². The molecular weight excluding hydrogens is 210 g/mol. The van der Waals surface area contributed by atoms with Crippen LogP contribution in [0.4, 0.5) is 0 Å². The Balaban J connectivity index is 2.64. The zero-order valence-electron chi connectivity index (χ0n) is 8.43. The average Bonchev–Trinajstić information content (AvgIpc) is 2.18. The van der Waals surface area contributed by atoms with Crippen LogP contribution in [0.15, 0.2) is 29.4 Å². The van der Waals surface area contributed by atoms with E-state index in [1.165, 1.54) is 0 Å². The predicted octanol–water partition coefficient (Wildman–Crippen LogP) is 1.25. The number of benzene rings is 1. The molecule has 1 aromatic carbocycles. The molecular formula is C10H13N3OS. The first-order valence-corrected chi connectivity index (χ1v) is 4.94. The van der Waals surface area contributed by atoms with E-state index in [-0.39, 0.29) is 5.11 Å². The number of hydrazone groups is 1. The maximum Gasteiger partial charge on any atom is 0.184 e. The van der Waals surface area contributed by atoms with Gasteiger partial charge < -0.3 is 10.5 Å². The number of thiocarbonyl (C=S) groups is 1. The maximum atomic E-state index is 5.34. The molecule has 0 unspecified atom stereocenters. The van der Waals surface area contributed by atoms with Crippen LogP contribution >= 0.6 is 12.2 Å². The zero-order valence-corrected chi connectivity index (χ0v) is 9.25. The fraction of sp³-hybridized carbons (Fsp3) is 0.200. The van der Waals surface area contributed by atoms with Gasteiger partial charge in [0.25, 0.3) is 0 Å². The predicted molar refractivity (Wildman–Crippen MR) is 65.1 cm³/mol. The van der Waals surface area contributed by atoms with Crippen LogP contribution in [0, 0.1) is 0 Å². The molecule has 1 rings (SSSR count). The van der Waals surface area contributed by atoms with Gasteiger partial charge in [0.05, 0.1) is 12.8 Å². The van der Waals surface area contributed by atoms with Crippen molar-refractivity contribution < 1.29 is 4.74 Å². The third-order valence-corrected chi connectivity index (χ3v) is 1.65. The largest absolute Gasteiger partial charge is 0.494 e. The number of nitrogens with two attached hydrogens (primary N) is 1. The maximum absolute atomic E-state index is 5.34. The molecule has 3 N–H and O–H groups in total. The summed E-state index contributed by atoms with van der Waals surface area (Å²) >= 11 is 4.61. The summed E-state index contributed by atoms with van der Waals surface area (Å²) in [7, 11) is 0. The van der Waals surface area contributed by atoms with E-state index in [4.69, 9.17) is 10.5 Å². The summed E-state index contributed by atoms with van der Waals surface area (Å²) in [5, 5.41) is 3.99. The second-order valence-corrected chi connectivity index (χ2v) is 3.18.